The fourth-order valence-corrected chi connectivity index (χ4v) is 3.55. The van der Waals surface area contributed by atoms with Gasteiger partial charge in [-0.15, -0.1) is 11.3 Å². The molecule has 1 aliphatic rings. The highest BCUT2D eigenvalue weighted by molar-refractivity contribution is 7.10. The van der Waals surface area contributed by atoms with E-state index < -0.39 is 0 Å². The predicted molar refractivity (Wildman–Crippen MR) is 80.8 cm³/mol. The van der Waals surface area contributed by atoms with Crippen molar-refractivity contribution in [3.8, 4) is 0 Å². The molecule has 0 aliphatic carbocycles. The number of thiophene rings is 1. The summed E-state index contributed by atoms with van der Waals surface area (Å²) in [5.74, 6) is 0.666. The van der Waals surface area contributed by atoms with Gasteiger partial charge in [0.05, 0.1) is 5.02 Å². The monoisotopic (exact) mass is 308 g/mol. The number of aromatic nitrogens is 1. The van der Waals surface area contributed by atoms with E-state index in [2.05, 4.69) is 26.5 Å². The second-order valence-corrected chi connectivity index (χ2v) is 5.90. The topological polar surface area (TPSA) is 74.7 Å². The highest BCUT2D eigenvalue weighted by Crippen LogP contribution is 2.32. The van der Waals surface area contributed by atoms with Gasteiger partial charge < -0.3 is 15.8 Å². The van der Waals surface area contributed by atoms with Crippen LogP contribution in [0.4, 0.5) is 5.82 Å². The molecule has 2 aromatic rings. The Kier molecular flexibility index (Phi) is 3.50. The van der Waals surface area contributed by atoms with E-state index in [4.69, 9.17) is 22.5 Å². The average Bonchev–Trinajstić information content (AvgIpc) is 2.94. The summed E-state index contributed by atoms with van der Waals surface area (Å²) in [6.45, 7) is 1.64. The maximum Gasteiger partial charge on any atom is 0.171 e. The number of hydrogen-bond donors (Lipinski definition) is 2. The molecule has 7 heteroatoms. The van der Waals surface area contributed by atoms with Crippen molar-refractivity contribution in [1.82, 2.24) is 4.98 Å². The van der Waals surface area contributed by atoms with E-state index in [9.17, 15) is 0 Å². The minimum Gasteiger partial charge on any atom is -0.409 e. The van der Waals surface area contributed by atoms with Gasteiger partial charge in [-0.1, -0.05) is 16.8 Å². The molecule has 0 aromatic carbocycles. The molecule has 0 saturated heterocycles. The van der Waals surface area contributed by atoms with Crippen LogP contribution in [0.25, 0.3) is 0 Å². The van der Waals surface area contributed by atoms with Crippen LogP contribution in [0.2, 0.25) is 5.02 Å². The SMILES string of the molecule is N/C(=N/O)c1ccnc(N2CCc3sccc3C2)c1Cl. The van der Waals surface area contributed by atoms with Gasteiger partial charge in [0.1, 0.15) is 5.82 Å². The zero-order chi connectivity index (χ0) is 14.1. The van der Waals surface area contributed by atoms with E-state index >= 15 is 0 Å². The summed E-state index contributed by atoms with van der Waals surface area (Å²) in [4.78, 5) is 7.88. The zero-order valence-electron chi connectivity index (χ0n) is 10.6. The van der Waals surface area contributed by atoms with Crippen LogP contribution in [0.1, 0.15) is 16.0 Å². The van der Waals surface area contributed by atoms with Crippen molar-refractivity contribution >= 4 is 34.6 Å². The van der Waals surface area contributed by atoms with Gasteiger partial charge in [0.15, 0.2) is 5.84 Å². The molecule has 0 radical (unpaired) electrons. The van der Waals surface area contributed by atoms with Crippen molar-refractivity contribution in [1.29, 1.82) is 0 Å². The highest BCUT2D eigenvalue weighted by Gasteiger charge is 2.22. The summed E-state index contributed by atoms with van der Waals surface area (Å²) >= 11 is 8.13. The Morgan fingerprint density at radius 1 is 1.50 bits per heavy atom. The molecule has 0 spiro atoms. The number of fused-ring (bicyclic) bond motifs is 1. The van der Waals surface area contributed by atoms with Gasteiger partial charge >= 0.3 is 0 Å². The third kappa shape index (κ3) is 2.21. The molecule has 0 saturated carbocycles. The predicted octanol–water partition coefficient (Wildman–Crippen LogP) is 2.45. The van der Waals surface area contributed by atoms with E-state index in [1.165, 1.54) is 10.4 Å². The Morgan fingerprint density at radius 2 is 2.35 bits per heavy atom. The van der Waals surface area contributed by atoms with Crippen molar-refractivity contribution < 1.29 is 5.21 Å². The van der Waals surface area contributed by atoms with Gasteiger partial charge in [-0.25, -0.2) is 4.98 Å². The Morgan fingerprint density at radius 3 is 3.15 bits per heavy atom. The molecule has 2 aromatic heterocycles. The smallest absolute Gasteiger partial charge is 0.171 e. The van der Waals surface area contributed by atoms with Crippen LogP contribution in [0.15, 0.2) is 28.9 Å². The van der Waals surface area contributed by atoms with Crippen LogP contribution in [0.5, 0.6) is 0 Å². The molecule has 20 heavy (non-hydrogen) atoms. The molecule has 3 N–H and O–H groups in total. The third-order valence-corrected chi connectivity index (χ3v) is 4.76. The number of pyridine rings is 1. The number of hydrogen-bond acceptors (Lipinski definition) is 5. The number of nitrogens with two attached hydrogens (primary N) is 1. The van der Waals surface area contributed by atoms with Crippen LogP contribution in [0, 0.1) is 0 Å². The van der Waals surface area contributed by atoms with E-state index in [0.29, 0.717) is 16.4 Å². The van der Waals surface area contributed by atoms with Crippen LogP contribution in [-0.2, 0) is 13.0 Å². The number of halogens is 1. The highest BCUT2D eigenvalue weighted by atomic mass is 35.5. The van der Waals surface area contributed by atoms with E-state index in [-0.39, 0.29) is 5.84 Å². The van der Waals surface area contributed by atoms with Crippen LogP contribution in [0.3, 0.4) is 0 Å². The van der Waals surface area contributed by atoms with Gasteiger partial charge in [-0.05, 0) is 29.5 Å². The lowest BCUT2D eigenvalue weighted by Crippen LogP contribution is -2.30. The van der Waals surface area contributed by atoms with Gasteiger partial charge in [-0.2, -0.15) is 0 Å². The summed E-state index contributed by atoms with van der Waals surface area (Å²) < 4.78 is 0. The van der Waals surface area contributed by atoms with E-state index in [0.717, 1.165) is 19.5 Å². The first kappa shape index (κ1) is 13.2. The Balaban J connectivity index is 1.96. The molecule has 3 rings (SSSR count). The normalized spacial score (nSPS) is 15.2. The van der Waals surface area contributed by atoms with Crippen molar-refractivity contribution in [3.05, 3.63) is 44.7 Å². The first-order valence-electron chi connectivity index (χ1n) is 6.13. The fourth-order valence-electron chi connectivity index (χ4n) is 2.33. The molecule has 104 valence electrons. The number of amidine groups is 1. The van der Waals surface area contributed by atoms with E-state index in [1.54, 1.807) is 23.6 Å². The molecular formula is C13H13ClN4OS. The maximum absolute atomic E-state index is 8.79. The van der Waals surface area contributed by atoms with Gasteiger partial charge in [0, 0.05) is 29.7 Å². The first-order chi connectivity index (χ1) is 9.70. The molecule has 0 bridgehead atoms. The second kappa shape index (κ2) is 5.30. The summed E-state index contributed by atoms with van der Waals surface area (Å²) in [7, 11) is 0. The van der Waals surface area contributed by atoms with Crippen molar-refractivity contribution in [2.75, 3.05) is 11.4 Å². The van der Waals surface area contributed by atoms with Crippen molar-refractivity contribution in [3.63, 3.8) is 0 Å². The lowest BCUT2D eigenvalue weighted by molar-refractivity contribution is 0.318. The molecule has 0 fully saturated rings. The average molecular weight is 309 g/mol. The number of rotatable bonds is 2. The number of anilines is 1. The summed E-state index contributed by atoms with van der Waals surface area (Å²) in [6, 6.07) is 3.77. The number of oxime groups is 1. The number of nitrogens with zero attached hydrogens (tertiary/aromatic N) is 3. The molecule has 3 heterocycles. The summed E-state index contributed by atoms with van der Waals surface area (Å²) in [6.07, 6.45) is 2.61. The van der Waals surface area contributed by atoms with Crippen LogP contribution in [-0.4, -0.2) is 22.6 Å². The van der Waals surface area contributed by atoms with Gasteiger partial charge in [0.2, 0.25) is 0 Å². The van der Waals surface area contributed by atoms with Crippen molar-refractivity contribution in [2.24, 2.45) is 10.9 Å². The Hall–Kier alpha value is -1.79. The summed E-state index contributed by atoms with van der Waals surface area (Å²) in [5.41, 5.74) is 7.43. The molecule has 0 unspecified atom stereocenters. The third-order valence-electron chi connectivity index (χ3n) is 3.36. The zero-order valence-corrected chi connectivity index (χ0v) is 12.2. The minimum absolute atomic E-state index is 0.00752. The summed E-state index contributed by atoms with van der Waals surface area (Å²) in [5, 5.41) is 14.3. The van der Waals surface area contributed by atoms with Crippen LogP contribution >= 0.6 is 22.9 Å². The minimum atomic E-state index is -0.00752. The molecule has 0 atom stereocenters. The fraction of sp³-hybridized carbons (Fsp3) is 0.231. The van der Waals surface area contributed by atoms with Crippen molar-refractivity contribution in [2.45, 2.75) is 13.0 Å². The molecular weight excluding hydrogens is 296 g/mol. The molecule has 5 nitrogen and oxygen atoms in total. The van der Waals surface area contributed by atoms with E-state index in [1.807, 2.05) is 0 Å². The molecule has 1 aliphatic heterocycles. The van der Waals surface area contributed by atoms with Gasteiger partial charge in [0.25, 0.3) is 0 Å². The maximum atomic E-state index is 8.79. The quantitative estimate of drug-likeness (QED) is 0.387. The van der Waals surface area contributed by atoms with Crippen LogP contribution < -0.4 is 10.6 Å². The first-order valence-corrected chi connectivity index (χ1v) is 7.39. The van der Waals surface area contributed by atoms with Gasteiger partial charge in [-0.3, -0.25) is 0 Å². The lowest BCUT2D eigenvalue weighted by Gasteiger charge is -2.29. The second-order valence-electron chi connectivity index (χ2n) is 4.52. The Labute approximate surface area is 125 Å². The lowest BCUT2D eigenvalue weighted by atomic mass is 10.1. The standard InChI is InChI=1S/C13H13ClN4OS/c14-11-9(12(15)17-19)1-4-16-13(11)18-5-2-10-8(7-18)3-6-20-10/h1,3-4,6,19H,2,5,7H2,(H2,15,17). The largest absolute Gasteiger partial charge is 0.409 e. The Bertz CT molecular complexity index is 670. The molecule has 0 amide bonds.